The van der Waals surface area contributed by atoms with E-state index in [1.807, 2.05) is 0 Å². The maximum atomic E-state index is 13.9. The zero-order valence-electron chi connectivity index (χ0n) is 11.2. The molecule has 0 aromatic heterocycles. The maximum Gasteiger partial charge on any atom is 0.337 e. The summed E-state index contributed by atoms with van der Waals surface area (Å²) in [5, 5.41) is 12.1. The highest BCUT2D eigenvalue weighted by atomic mass is 19.1. The summed E-state index contributed by atoms with van der Waals surface area (Å²) in [5.41, 5.74) is 5.67. The second-order valence-electron chi connectivity index (χ2n) is 5.80. The average molecular weight is 266 g/mol. The molecule has 4 nitrogen and oxygen atoms in total. The van der Waals surface area contributed by atoms with Crippen molar-refractivity contribution in [3.63, 3.8) is 0 Å². The number of hydrogen-bond donors (Lipinski definition) is 3. The van der Waals surface area contributed by atoms with Crippen LogP contribution < -0.4 is 11.1 Å². The molecule has 0 radical (unpaired) electrons. The summed E-state index contributed by atoms with van der Waals surface area (Å²) in [7, 11) is 0. The van der Waals surface area contributed by atoms with Crippen molar-refractivity contribution in [3.8, 4) is 0 Å². The van der Waals surface area contributed by atoms with E-state index in [2.05, 4.69) is 19.2 Å². The molecule has 1 unspecified atom stereocenters. The van der Waals surface area contributed by atoms with Crippen LogP contribution in [-0.2, 0) is 0 Å². The van der Waals surface area contributed by atoms with Crippen LogP contribution in [0.25, 0.3) is 0 Å². The van der Waals surface area contributed by atoms with Crippen molar-refractivity contribution in [1.29, 1.82) is 0 Å². The molecular formula is C14H19FN2O2. The predicted molar refractivity (Wildman–Crippen MR) is 72.8 cm³/mol. The van der Waals surface area contributed by atoms with E-state index in [9.17, 15) is 9.18 Å². The maximum absolute atomic E-state index is 13.9. The van der Waals surface area contributed by atoms with Crippen molar-refractivity contribution >= 4 is 17.3 Å². The molecule has 0 saturated heterocycles. The van der Waals surface area contributed by atoms with Gasteiger partial charge in [0, 0.05) is 11.7 Å². The largest absolute Gasteiger partial charge is 0.478 e. The van der Waals surface area contributed by atoms with Gasteiger partial charge in [0.15, 0.2) is 0 Å². The Morgan fingerprint density at radius 2 is 2.21 bits per heavy atom. The van der Waals surface area contributed by atoms with Crippen molar-refractivity contribution in [2.75, 3.05) is 11.1 Å². The van der Waals surface area contributed by atoms with Crippen LogP contribution in [0.5, 0.6) is 0 Å². The molecule has 5 heteroatoms. The number of nitrogens with two attached hydrogens (primary N) is 1. The lowest BCUT2D eigenvalue weighted by Crippen LogP contribution is -2.31. The SMILES string of the molecule is CC1(C)CCCC1Nc1cc(C(=O)O)c(N)cc1F. The number of hydrogen-bond acceptors (Lipinski definition) is 3. The number of rotatable bonds is 3. The zero-order valence-corrected chi connectivity index (χ0v) is 11.2. The van der Waals surface area contributed by atoms with Gasteiger partial charge in [-0.1, -0.05) is 20.3 Å². The minimum atomic E-state index is -1.15. The number of benzene rings is 1. The fraction of sp³-hybridized carbons (Fsp3) is 0.500. The number of nitrogen functional groups attached to an aromatic ring is 1. The van der Waals surface area contributed by atoms with E-state index in [0.717, 1.165) is 25.3 Å². The smallest absolute Gasteiger partial charge is 0.337 e. The van der Waals surface area contributed by atoms with E-state index < -0.39 is 11.8 Å². The summed E-state index contributed by atoms with van der Waals surface area (Å²) in [4.78, 5) is 11.0. The lowest BCUT2D eigenvalue weighted by molar-refractivity contribution is 0.0698. The van der Waals surface area contributed by atoms with Gasteiger partial charge in [-0.15, -0.1) is 0 Å². The van der Waals surface area contributed by atoms with Gasteiger partial charge in [0.25, 0.3) is 0 Å². The number of anilines is 2. The Hall–Kier alpha value is -1.78. The van der Waals surface area contributed by atoms with Gasteiger partial charge in [0.1, 0.15) is 5.82 Å². The van der Waals surface area contributed by atoms with Crippen LogP contribution in [0.3, 0.4) is 0 Å². The van der Waals surface area contributed by atoms with E-state index in [-0.39, 0.29) is 28.4 Å². The Morgan fingerprint density at radius 3 is 2.74 bits per heavy atom. The first-order valence-electron chi connectivity index (χ1n) is 6.40. The molecule has 0 bridgehead atoms. The highest BCUT2D eigenvalue weighted by Gasteiger charge is 2.34. The lowest BCUT2D eigenvalue weighted by atomic mass is 9.87. The van der Waals surface area contributed by atoms with Crippen molar-refractivity contribution in [1.82, 2.24) is 0 Å². The van der Waals surface area contributed by atoms with E-state index in [0.29, 0.717) is 0 Å². The predicted octanol–water partition coefficient (Wildman–Crippen LogP) is 3.10. The third kappa shape index (κ3) is 2.64. The van der Waals surface area contributed by atoms with Gasteiger partial charge in [-0.3, -0.25) is 0 Å². The topological polar surface area (TPSA) is 75.3 Å². The average Bonchev–Trinajstić information content (AvgIpc) is 2.61. The summed E-state index contributed by atoms with van der Waals surface area (Å²) in [6, 6.07) is 2.49. The number of carboxylic acids is 1. The molecule has 1 atom stereocenters. The lowest BCUT2D eigenvalue weighted by Gasteiger charge is -2.29. The summed E-state index contributed by atoms with van der Waals surface area (Å²) in [6.45, 7) is 4.26. The molecule has 1 aromatic carbocycles. The number of carbonyl (C=O) groups is 1. The highest BCUT2D eigenvalue weighted by Crippen LogP contribution is 2.39. The van der Waals surface area contributed by atoms with Crippen LogP contribution >= 0.6 is 0 Å². The van der Waals surface area contributed by atoms with Gasteiger partial charge in [-0.25, -0.2) is 9.18 Å². The second kappa shape index (κ2) is 4.72. The van der Waals surface area contributed by atoms with E-state index >= 15 is 0 Å². The summed E-state index contributed by atoms with van der Waals surface area (Å²) < 4.78 is 13.9. The third-order valence-corrected chi connectivity index (χ3v) is 3.96. The monoisotopic (exact) mass is 266 g/mol. The Kier molecular flexibility index (Phi) is 3.39. The van der Waals surface area contributed by atoms with Crippen LogP contribution in [0.15, 0.2) is 12.1 Å². The molecule has 2 rings (SSSR count). The van der Waals surface area contributed by atoms with Crippen molar-refractivity contribution < 1.29 is 14.3 Å². The Morgan fingerprint density at radius 1 is 1.53 bits per heavy atom. The molecule has 1 aliphatic carbocycles. The van der Waals surface area contributed by atoms with E-state index in [1.54, 1.807) is 0 Å². The van der Waals surface area contributed by atoms with Gasteiger partial charge in [0.2, 0.25) is 0 Å². The molecule has 1 aliphatic rings. The fourth-order valence-electron chi connectivity index (χ4n) is 2.67. The molecule has 0 aliphatic heterocycles. The van der Waals surface area contributed by atoms with Gasteiger partial charge < -0.3 is 16.2 Å². The number of carboxylic acid groups (broad SMARTS) is 1. The van der Waals surface area contributed by atoms with Crippen molar-refractivity contribution in [3.05, 3.63) is 23.5 Å². The van der Waals surface area contributed by atoms with Crippen LogP contribution in [0, 0.1) is 11.2 Å². The molecule has 104 valence electrons. The standard InChI is InChI=1S/C14H19FN2O2/c1-14(2)5-3-4-12(14)17-11-6-8(13(18)19)10(16)7-9(11)15/h6-7,12,17H,3-5,16H2,1-2H3,(H,18,19). The highest BCUT2D eigenvalue weighted by molar-refractivity contribution is 5.94. The molecule has 1 saturated carbocycles. The zero-order chi connectivity index (χ0) is 14.2. The first-order chi connectivity index (χ1) is 8.81. The molecule has 4 N–H and O–H groups in total. The van der Waals surface area contributed by atoms with E-state index in [4.69, 9.17) is 10.8 Å². The van der Waals surface area contributed by atoms with Crippen molar-refractivity contribution in [2.45, 2.75) is 39.2 Å². The Balaban J connectivity index is 2.30. The molecule has 0 heterocycles. The second-order valence-corrected chi connectivity index (χ2v) is 5.80. The van der Waals surface area contributed by atoms with Crippen LogP contribution in [0.4, 0.5) is 15.8 Å². The first-order valence-corrected chi connectivity index (χ1v) is 6.40. The van der Waals surface area contributed by atoms with Gasteiger partial charge in [0.05, 0.1) is 11.3 Å². The number of aromatic carboxylic acids is 1. The van der Waals surface area contributed by atoms with Crippen LogP contribution in [0.2, 0.25) is 0 Å². The fourth-order valence-corrected chi connectivity index (χ4v) is 2.67. The van der Waals surface area contributed by atoms with Gasteiger partial charge >= 0.3 is 5.97 Å². The summed E-state index contributed by atoms with van der Waals surface area (Å²) in [5.74, 6) is -1.66. The van der Waals surface area contributed by atoms with E-state index in [1.165, 1.54) is 6.07 Å². The molecular weight excluding hydrogens is 247 g/mol. The summed E-state index contributed by atoms with van der Waals surface area (Å²) in [6.07, 6.45) is 3.12. The molecule has 0 amide bonds. The Labute approximate surface area is 111 Å². The van der Waals surface area contributed by atoms with Crippen LogP contribution in [-0.4, -0.2) is 17.1 Å². The number of nitrogens with one attached hydrogen (secondary N) is 1. The minimum Gasteiger partial charge on any atom is -0.478 e. The molecule has 1 fully saturated rings. The minimum absolute atomic E-state index is 0.0544. The molecule has 0 spiro atoms. The van der Waals surface area contributed by atoms with Gasteiger partial charge in [-0.2, -0.15) is 0 Å². The number of halogens is 1. The quantitative estimate of drug-likeness (QED) is 0.735. The summed E-state index contributed by atoms with van der Waals surface area (Å²) >= 11 is 0. The third-order valence-electron chi connectivity index (χ3n) is 3.96. The Bertz CT molecular complexity index is 514. The first kappa shape index (κ1) is 13.6. The van der Waals surface area contributed by atoms with Crippen molar-refractivity contribution in [2.24, 2.45) is 5.41 Å². The normalized spacial score (nSPS) is 21.3. The van der Waals surface area contributed by atoms with Crippen LogP contribution in [0.1, 0.15) is 43.5 Å². The molecule has 1 aromatic rings. The molecule has 19 heavy (non-hydrogen) atoms. The van der Waals surface area contributed by atoms with Gasteiger partial charge in [-0.05, 0) is 30.4 Å².